The molecule has 112 valence electrons. The molecule has 0 saturated heterocycles. The van der Waals surface area contributed by atoms with Crippen molar-refractivity contribution in [2.45, 2.75) is 0 Å². The average Bonchev–Trinajstić information content (AvgIpc) is 2.93. The molecule has 1 N–H and O–H groups in total. The highest BCUT2D eigenvalue weighted by Gasteiger charge is 2.17. The Hall–Kier alpha value is -2.43. The maximum absolute atomic E-state index is 12.6. The number of rotatable bonds is 2. The molecule has 0 aliphatic carbocycles. The Bertz CT molecular complexity index is 1040. The van der Waals surface area contributed by atoms with Gasteiger partial charge in [0.25, 0.3) is 5.91 Å². The number of thiophene rings is 1. The van der Waals surface area contributed by atoms with Gasteiger partial charge in [0.1, 0.15) is 4.88 Å². The first-order valence-electron chi connectivity index (χ1n) is 7.06. The van der Waals surface area contributed by atoms with Crippen molar-refractivity contribution in [2.24, 2.45) is 0 Å². The summed E-state index contributed by atoms with van der Waals surface area (Å²) in [5, 5.41) is 5.31. The van der Waals surface area contributed by atoms with Gasteiger partial charge in [-0.1, -0.05) is 48.0 Å². The molecule has 5 heteroatoms. The summed E-state index contributed by atoms with van der Waals surface area (Å²) in [4.78, 5) is 17.5. The minimum atomic E-state index is -0.214. The van der Waals surface area contributed by atoms with Crippen LogP contribution < -0.4 is 5.32 Å². The van der Waals surface area contributed by atoms with Gasteiger partial charge in [-0.05, 0) is 18.2 Å². The number of anilines is 1. The molecule has 3 nitrogen and oxygen atoms in total. The van der Waals surface area contributed by atoms with Gasteiger partial charge in [-0.25, -0.2) is 0 Å². The van der Waals surface area contributed by atoms with Crippen molar-refractivity contribution in [3.05, 3.63) is 70.7 Å². The van der Waals surface area contributed by atoms with Crippen LogP contribution in [0.25, 0.3) is 21.0 Å². The van der Waals surface area contributed by atoms with E-state index in [1.54, 1.807) is 6.20 Å². The Balaban J connectivity index is 1.75. The molecule has 2 heterocycles. The van der Waals surface area contributed by atoms with Crippen molar-refractivity contribution in [2.75, 3.05) is 5.32 Å². The second-order valence-electron chi connectivity index (χ2n) is 5.08. The van der Waals surface area contributed by atoms with E-state index in [0.717, 1.165) is 21.0 Å². The van der Waals surface area contributed by atoms with Crippen LogP contribution in [-0.2, 0) is 0 Å². The number of halogens is 1. The summed E-state index contributed by atoms with van der Waals surface area (Å²) in [6.07, 6.45) is 1.71. The number of carbonyl (C=O) groups excluding carboxylic acids is 1. The van der Waals surface area contributed by atoms with Crippen LogP contribution in [0.4, 0.5) is 5.69 Å². The summed E-state index contributed by atoms with van der Waals surface area (Å²) >= 11 is 7.76. The zero-order valence-corrected chi connectivity index (χ0v) is 13.5. The first kappa shape index (κ1) is 14.2. The number of fused-ring (bicyclic) bond motifs is 2. The lowest BCUT2D eigenvalue weighted by molar-refractivity contribution is 0.103. The molecule has 2 aromatic carbocycles. The van der Waals surface area contributed by atoms with Crippen molar-refractivity contribution >= 4 is 55.5 Å². The predicted octanol–water partition coefficient (Wildman–Crippen LogP) is 5.36. The quantitative estimate of drug-likeness (QED) is 0.535. The van der Waals surface area contributed by atoms with E-state index in [1.165, 1.54) is 11.3 Å². The Labute approximate surface area is 141 Å². The number of carbonyl (C=O) groups is 1. The van der Waals surface area contributed by atoms with Crippen molar-refractivity contribution in [1.82, 2.24) is 4.98 Å². The predicted molar refractivity (Wildman–Crippen MR) is 96.5 cm³/mol. The third-order valence-corrected chi connectivity index (χ3v) is 5.30. The number of hydrogen-bond donors (Lipinski definition) is 1. The second-order valence-corrected chi connectivity index (χ2v) is 6.51. The van der Waals surface area contributed by atoms with Gasteiger partial charge in [0.05, 0.1) is 16.2 Å². The Morgan fingerprint density at radius 2 is 1.87 bits per heavy atom. The highest BCUT2D eigenvalue weighted by Crippen LogP contribution is 2.35. The molecule has 1 amide bonds. The molecule has 0 unspecified atom stereocenters. The van der Waals surface area contributed by atoms with Crippen LogP contribution in [0.2, 0.25) is 5.02 Å². The van der Waals surface area contributed by atoms with Gasteiger partial charge in [0, 0.05) is 21.7 Å². The molecule has 23 heavy (non-hydrogen) atoms. The van der Waals surface area contributed by atoms with E-state index in [2.05, 4.69) is 10.3 Å². The van der Waals surface area contributed by atoms with Gasteiger partial charge in [-0.2, -0.15) is 0 Å². The summed E-state index contributed by atoms with van der Waals surface area (Å²) in [6.45, 7) is 0. The normalized spacial score (nSPS) is 11.0. The van der Waals surface area contributed by atoms with Gasteiger partial charge in [-0.15, -0.1) is 11.3 Å². The molecule has 4 rings (SSSR count). The highest BCUT2D eigenvalue weighted by atomic mass is 35.5. The van der Waals surface area contributed by atoms with E-state index in [-0.39, 0.29) is 5.91 Å². The number of para-hydroxylation sites is 1. The smallest absolute Gasteiger partial charge is 0.267 e. The monoisotopic (exact) mass is 338 g/mol. The van der Waals surface area contributed by atoms with Gasteiger partial charge in [0.2, 0.25) is 0 Å². The molecule has 4 aromatic rings. The fourth-order valence-corrected chi connectivity index (χ4v) is 3.96. The number of nitrogens with one attached hydrogen (secondary N) is 1. The summed E-state index contributed by atoms with van der Waals surface area (Å²) in [6, 6.07) is 17.3. The summed E-state index contributed by atoms with van der Waals surface area (Å²) in [5.41, 5.74) is 1.45. The van der Waals surface area contributed by atoms with Crippen LogP contribution in [0.5, 0.6) is 0 Å². The molecule has 0 aliphatic rings. The number of hydrogen-bond acceptors (Lipinski definition) is 3. The van der Waals surface area contributed by atoms with E-state index in [9.17, 15) is 4.79 Å². The standard InChI is InChI=1S/C18H11ClN2OS/c19-15-12-7-1-2-9-14(12)23-17(15)18(22)21-13-8-3-5-11-6-4-10-20-16(11)13/h1-10H,(H,21,22). The number of aromatic nitrogens is 1. The van der Waals surface area contributed by atoms with E-state index >= 15 is 0 Å². The van der Waals surface area contributed by atoms with Crippen LogP contribution in [-0.4, -0.2) is 10.9 Å². The van der Waals surface area contributed by atoms with Crippen LogP contribution in [0, 0.1) is 0 Å². The van der Waals surface area contributed by atoms with E-state index in [1.807, 2.05) is 54.6 Å². The largest absolute Gasteiger partial charge is 0.319 e. The van der Waals surface area contributed by atoms with Crippen LogP contribution >= 0.6 is 22.9 Å². The molecular weight excluding hydrogens is 328 g/mol. The SMILES string of the molecule is O=C(Nc1cccc2cccnc12)c1sc2ccccc2c1Cl. The Morgan fingerprint density at radius 3 is 2.74 bits per heavy atom. The number of amides is 1. The zero-order chi connectivity index (χ0) is 15.8. The topological polar surface area (TPSA) is 42.0 Å². The maximum Gasteiger partial charge on any atom is 0.267 e. The average molecular weight is 339 g/mol. The first-order chi connectivity index (χ1) is 11.2. The third-order valence-electron chi connectivity index (χ3n) is 3.62. The third kappa shape index (κ3) is 2.46. The molecule has 0 radical (unpaired) electrons. The Kier molecular flexibility index (Phi) is 3.48. The maximum atomic E-state index is 12.6. The van der Waals surface area contributed by atoms with E-state index in [0.29, 0.717) is 15.6 Å². The van der Waals surface area contributed by atoms with Crippen LogP contribution in [0.3, 0.4) is 0 Å². The van der Waals surface area contributed by atoms with Crippen molar-refractivity contribution in [3.63, 3.8) is 0 Å². The summed E-state index contributed by atoms with van der Waals surface area (Å²) in [7, 11) is 0. The molecule has 2 aromatic heterocycles. The lowest BCUT2D eigenvalue weighted by Crippen LogP contribution is -2.11. The van der Waals surface area contributed by atoms with Gasteiger partial charge < -0.3 is 5.32 Å². The molecule has 0 saturated carbocycles. The van der Waals surface area contributed by atoms with Gasteiger partial charge in [0.15, 0.2) is 0 Å². The number of benzene rings is 2. The zero-order valence-electron chi connectivity index (χ0n) is 11.9. The molecular formula is C18H11ClN2OS. The van der Waals surface area contributed by atoms with Crippen LogP contribution in [0.15, 0.2) is 60.8 Å². The van der Waals surface area contributed by atoms with Crippen molar-refractivity contribution in [1.29, 1.82) is 0 Å². The van der Waals surface area contributed by atoms with E-state index in [4.69, 9.17) is 11.6 Å². The lowest BCUT2D eigenvalue weighted by Gasteiger charge is -2.07. The molecule has 0 atom stereocenters. The fraction of sp³-hybridized carbons (Fsp3) is 0. The summed E-state index contributed by atoms with van der Waals surface area (Å²) < 4.78 is 0.999. The molecule has 0 bridgehead atoms. The second kappa shape index (κ2) is 5.65. The van der Waals surface area contributed by atoms with E-state index < -0.39 is 0 Å². The van der Waals surface area contributed by atoms with Crippen molar-refractivity contribution in [3.8, 4) is 0 Å². The molecule has 0 spiro atoms. The number of nitrogens with zero attached hydrogens (tertiary/aromatic N) is 1. The van der Waals surface area contributed by atoms with Gasteiger partial charge >= 0.3 is 0 Å². The number of pyridine rings is 1. The Morgan fingerprint density at radius 1 is 1.04 bits per heavy atom. The van der Waals surface area contributed by atoms with Crippen molar-refractivity contribution < 1.29 is 4.79 Å². The van der Waals surface area contributed by atoms with Crippen LogP contribution in [0.1, 0.15) is 9.67 Å². The fourth-order valence-electron chi connectivity index (χ4n) is 2.54. The first-order valence-corrected chi connectivity index (χ1v) is 8.25. The minimum absolute atomic E-state index is 0.214. The molecule has 0 aliphatic heterocycles. The highest BCUT2D eigenvalue weighted by molar-refractivity contribution is 7.21. The molecule has 0 fully saturated rings. The lowest BCUT2D eigenvalue weighted by atomic mass is 10.2. The summed E-state index contributed by atoms with van der Waals surface area (Å²) in [5.74, 6) is -0.214. The van der Waals surface area contributed by atoms with Gasteiger partial charge in [-0.3, -0.25) is 9.78 Å². The minimum Gasteiger partial charge on any atom is -0.319 e.